The Morgan fingerprint density at radius 1 is 1.00 bits per heavy atom. The largest absolute Gasteiger partial charge is 0.457 e. The Hall–Kier alpha value is -3.91. The molecule has 2 aromatic heterocycles. The molecule has 2 aromatic carbocycles. The van der Waals surface area contributed by atoms with Crippen LogP contribution in [0, 0.1) is 0 Å². The Bertz CT molecular complexity index is 1310. The molecule has 36 heavy (non-hydrogen) atoms. The number of hydrogen-bond acceptors (Lipinski definition) is 6. The monoisotopic (exact) mass is 484 g/mol. The van der Waals surface area contributed by atoms with Crippen LogP contribution in [0.3, 0.4) is 0 Å². The van der Waals surface area contributed by atoms with Crippen LogP contribution < -0.4 is 15.5 Å². The van der Waals surface area contributed by atoms with Gasteiger partial charge in [-0.3, -0.25) is 4.79 Å². The van der Waals surface area contributed by atoms with Crippen LogP contribution >= 0.6 is 0 Å². The molecule has 1 aliphatic rings. The maximum atomic E-state index is 13.1. The molecule has 0 saturated carbocycles. The van der Waals surface area contributed by atoms with E-state index in [2.05, 4.69) is 14.9 Å². The fourth-order valence-corrected chi connectivity index (χ4v) is 4.75. The lowest BCUT2D eigenvalue weighted by Gasteiger charge is -2.30. The Morgan fingerprint density at radius 3 is 2.44 bits per heavy atom. The first-order chi connectivity index (χ1) is 17.6. The summed E-state index contributed by atoms with van der Waals surface area (Å²) >= 11 is 0. The predicted octanol–water partition coefficient (Wildman–Crippen LogP) is 4.83. The minimum absolute atomic E-state index is 0.0410. The van der Waals surface area contributed by atoms with Crippen molar-refractivity contribution in [2.24, 2.45) is 0 Å². The summed E-state index contributed by atoms with van der Waals surface area (Å²) in [5.41, 5.74) is 8.79. The summed E-state index contributed by atoms with van der Waals surface area (Å²) in [6.07, 6.45) is 7.52. The van der Waals surface area contributed by atoms with E-state index in [1.165, 1.54) is 25.6 Å². The summed E-state index contributed by atoms with van der Waals surface area (Å²) in [4.78, 5) is 24.3. The predicted molar refractivity (Wildman–Crippen MR) is 143 cm³/mol. The van der Waals surface area contributed by atoms with Gasteiger partial charge >= 0.3 is 0 Å². The van der Waals surface area contributed by atoms with Crippen molar-refractivity contribution >= 4 is 22.8 Å². The molecule has 8 nitrogen and oxygen atoms in total. The van der Waals surface area contributed by atoms with Crippen molar-refractivity contribution in [2.45, 2.75) is 32.6 Å². The fraction of sp³-hybridized carbons (Fsp3) is 0.321. The number of benzene rings is 2. The average Bonchev–Trinajstić information content (AvgIpc) is 3.31. The number of piperidine rings is 1. The van der Waals surface area contributed by atoms with Crippen LogP contribution in [0.2, 0.25) is 0 Å². The Morgan fingerprint density at radius 2 is 1.72 bits per heavy atom. The van der Waals surface area contributed by atoms with E-state index in [0.29, 0.717) is 24.4 Å². The number of carbonyl (C=O) groups is 1. The maximum Gasteiger partial charge on any atom is 0.241 e. The lowest BCUT2D eigenvalue weighted by Crippen LogP contribution is -2.45. The minimum atomic E-state index is 0.0410. The second-order valence-corrected chi connectivity index (χ2v) is 9.06. The molecular formula is C28H32N6O2. The zero-order valence-corrected chi connectivity index (χ0v) is 20.6. The fourth-order valence-electron chi connectivity index (χ4n) is 4.75. The van der Waals surface area contributed by atoms with Gasteiger partial charge in [0.15, 0.2) is 5.65 Å². The number of para-hydroxylation sites is 1. The standard InChI is InChI=1S/C28H32N6O2/c1-2-25(35)33(18-17-32-15-7-4-8-16-32)34-19-24(26-27(29)30-20-31-28(26)34)21-11-13-23(14-12-21)36-22-9-5-3-6-10-22/h3,5-6,9-14,19-20H,2,4,7-8,15-18H2,1H3,(H2,29,30,31). The van der Waals surface area contributed by atoms with Crippen LogP contribution in [-0.4, -0.2) is 51.6 Å². The molecule has 0 atom stereocenters. The summed E-state index contributed by atoms with van der Waals surface area (Å²) < 4.78 is 7.80. The van der Waals surface area contributed by atoms with Gasteiger partial charge in [-0.1, -0.05) is 43.7 Å². The van der Waals surface area contributed by atoms with Gasteiger partial charge in [-0.25, -0.2) is 19.7 Å². The third-order valence-electron chi connectivity index (χ3n) is 6.67. The molecule has 2 N–H and O–H groups in total. The normalized spacial score (nSPS) is 14.1. The number of fused-ring (bicyclic) bond motifs is 1. The lowest BCUT2D eigenvalue weighted by molar-refractivity contribution is -0.119. The molecule has 0 spiro atoms. The van der Waals surface area contributed by atoms with Gasteiger partial charge in [0.1, 0.15) is 23.6 Å². The van der Waals surface area contributed by atoms with Gasteiger partial charge in [0, 0.05) is 24.7 Å². The smallest absolute Gasteiger partial charge is 0.241 e. The average molecular weight is 485 g/mol. The van der Waals surface area contributed by atoms with Crippen LogP contribution in [0.5, 0.6) is 11.5 Å². The van der Waals surface area contributed by atoms with Crippen LogP contribution in [0.15, 0.2) is 67.1 Å². The van der Waals surface area contributed by atoms with Crippen molar-refractivity contribution in [3.8, 4) is 22.6 Å². The van der Waals surface area contributed by atoms with E-state index in [0.717, 1.165) is 47.6 Å². The first-order valence-corrected chi connectivity index (χ1v) is 12.6. The highest BCUT2D eigenvalue weighted by atomic mass is 16.5. The molecule has 0 radical (unpaired) electrons. The lowest BCUT2D eigenvalue weighted by atomic mass is 10.1. The number of hydrogen-bond donors (Lipinski definition) is 1. The summed E-state index contributed by atoms with van der Waals surface area (Å²) in [6, 6.07) is 17.5. The van der Waals surface area contributed by atoms with Crippen molar-refractivity contribution in [3.05, 3.63) is 67.1 Å². The number of nitrogens with two attached hydrogens (primary N) is 1. The molecular weight excluding hydrogens is 452 g/mol. The van der Waals surface area contributed by atoms with Gasteiger partial charge in [0.25, 0.3) is 0 Å². The number of anilines is 1. The van der Waals surface area contributed by atoms with Gasteiger partial charge in [-0.2, -0.15) is 0 Å². The van der Waals surface area contributed by atoms with Crippen molar-refractivity contribution < 1.29 is 9.53 Å². The van der Waals surface area contributed by atoms with E-state index in [-0.39, 0.29) is 5.91 Å². The second-order valence-electron chi connectivity index (χ2n) is 9.06. The van der Waals surface area contributed by atoms with E-state index < -0.39 is 0 Å². The van der Waals surface area contributed by atoms with Crippen LogP contribution in [0.4, 0.5) is 5.82 Å². The molecule has 1 aliphatic heterocycles. The van der Waals surface area contributed by atoms with Crippen molar-refractivity contribution in [1.82, 2.24) is 19.5 Å². The Balaban J connectivity index is 1.48. The Kier molecular flexibility index (Phi) is 7.13. The molecule has 0 aliphatic carbocycles. The first kappa shape index (κ1) is 23.8. The molecule has 0 unspecified atom stereocenters. The zero-order valence-electron chi connectivity index (χ0n) is 20.6. The topological polar surface area (TPSA) is 89.5 Å². The molecule has 3 heterocycles. The molecule has 5 rings (SSSR count). The third kappa shape index (κ3) is 5.04. The number of nitrogens with zero attached hydrogens (tertiary/aromatic N) is 5. The van der Waals surface area contributed by atoms with Gasteiger partial charge in [-0.15, -0.1) is 0 Å². The van der Waals surface area contributed by atoms with Crippen LogP contribution in [0.1, 0.15) is 32.6 Å². The van der Waals surface area contributed by atoms with Crippen LogP contribution in [0.25, 0.3) is 22.2 Å². The number of likely N-dealkylation sites (tertiary alicyclic amines) is 1. The van der Waals surface area contributed by atoms with E-state index >= 15 is 0 Å². The molecule has 186 valence electrons. The number of nitrogen functional groups attached to an aromatic ring is 1. The number of aromatic nitrogens is 3. The number of rotatable bonds is 8. The van der Waals surface area contributed by atoms with Gasteiger partial charge in [0.2, 0.25) is 5.91 Å². The molecule has 8 heteroatoms. The first-order valence-electron chi connectivity index (χ1n) is 12.6. The van der Waals surface area contributed by atoms with E-state index in [4.69, 9.17) is 10.5 Å². The molecule has 4 aromatic rings. The van der Waals surface area contributed by atoms with Crippen molar-refractivity contribution in [2.75, 3.05) is 36.9 Å². The van der Waals surface area contributed by atoms with E-state index in [9.17, 15) is 4.79 Å². The number of carbonyl (C=O) groups excluding carboxylic acids is 1. The highest BCUT2D eigenvalue weighted by Crippen LogP contribution is 2.34. The second kappa shape index (κ2) is 10.8. The summed E-state index contributed by atoms with van der Waals surface area (Å²) in [5.74, 6) is 1.95. The van der Waals surface area contributed by atoms with Gasteiger partial charge in [0.05, 0.1) is 11.9 Å². The number of ether oxygens (including phenoxy) is 1. The molecule has 0 bridgehead atoms. The van der Waals surface area contributed by atoms with E-state index in [1.54, 1.807) is 5.01 Å². The maximum absolute atomic E-state index is 13.1. The summed E-state index contributed by atoms with van der Waals surface area (Å²) in [5, 5.41) is 2.53. The number of amides is 1. The highest BCUT2D eigenvalue weighted by molar-refractivity contribution is 6.02. The van der Waals surface area contributed by atoms with Crippen LogP contribution in [-0.2, 0) is 4.79 Å². The van der Waals surface area contributed by atoms with Gasteiger partial charge in [-0.05, 0) is 55.8 Å². The van der Waals surface area contributed by atoms with Crippen molar-refractivity contribution in [3.63, 3.8) is 0 Å². The molecule has 1 saturated heterocycles. The third-order valence-corrected chi connectivity index (χ3v) is 6.67. The van der Waals surface area contributed by atoms with Crippen molar-refractivity contribution in [1.29, 1.82) is 0 Å². The SMILES string of the molecule is CCC(=O)N(CCN1CCCCC1)n1cc(-c2ccc(Oc3ccccc3)cc2)c2c(N)ncnc21. The quantitative estimate of drug-likeness (QED) is 0.385. The molecule has 1 amide bonds. The van der Waals surface area contributed by atoms with E-state index in [1.807, 2.05) is 72.4 Å². The zero-order chi connectivity index (χ0) is 24.9. The summed E-state index contributed by atoms with van der Waals surface area (Å²) in [6.45, 7) is 5.46. The summed E-state index contributed by atoms with van der Waals surface area (Å²) in [7, 11) is 0. The minimum Gasteiger partial charge on any atom is -0.457 e. The Labute approximate surface area is 211 Å². The van der Waals surface area contributed by atoms with Gasteiger partial charge < -0.3 is 15.4 Å². The highest BCUT2D eigenvalue weighted by Gasteiger charge is 2.23. The molecule has 1 fully saturated rings.